The molecule has 40 heavy (non-hydrogen) atoms. The van der Waals surface area contributed by atoms with E-state index in [9.17, 15) is 22.0 Å². The molecular formula is C27H24F2N6O4S. The number of hydrogen-bond donors (Lipinski definition) is 1. The molecule has 10 nitrogen and oxygen atoms in total. The predicted molar refractivity (Wildman–Crippen MR) is 142 cm³/mol. The number of aromatic nitrogens is 4. The zero-order valence-electron chi connectivity index (χ0n) is 21.2. The Balaban J connectivity index is 1.22. The Morgan fingerprint density at radius 2 is 1.88 bits per heavy atom. The van der Waals surface area contributed by atoms with Crippen LogP contribution in [0.1, 0.15) is 35.3 Å². The largest absolute Gasteiger partial charge is 0.489 e. The summed E-state index contributed by atoms with van der Waals surface area (Å²) in [5.74, 6) is -1.72. The van der Waals surface area contributed by atoms with Crippen molar-refractivity contribution in [3.05, 3.63) is 65.9 Å². The molecule has 0 radical (unpaired) electrons. The number of anilines is 1. The molecule has 2 aliphatic rings. The van der Waals surface area contributed by atoms with Crippen molar-refractivity contribution in [3.63, 3.8) is 0 Å². The van der Waals surface area contributed by atoms with Crippen LogP contribution in [-0.4, -0.2) is 59.5 Å². The summed E-state index contributed by atoms with van der Waals surface area (Å²) in [4.78, 5) is 32.4. The highest BCUT2D eigenvalue weighted by atomic mass is 32.2. The summed E-state index contributed by atoms with van der Waals surface area (Å²) in [6.45, 7) is 1.51. The van der Waals surface area contributed by atoms with E-state index in [0.717, 1.165) is 43.5 Å². The highest BCUT2D eigenvalue weighted by molar-refractivity contribution is 7.92. The van der Waals surface area contributed by atoms with E-state index < -0.39 is 44.1 Å². The third-order valence-corrected chi connectivity index (χ3v) is 8.69. The minimum absolute atomic E-state index is 0.0407. The first-order valence-corrected chi connectivity index (χ1v) is 14.3. The summed E-state index contributed by atoms with van der Waals surface area (Å²) in [7, 11) is -4.51. The summed E-state index contributed by atoms with van der Waals surface area (Å²) < 4.78 is 58.9. The van der Waals surface area contributed by atoms with E-state index in [1.165, 1.54) is 0 Å². The number of carbonyl (C=O) groups excluding carboxylic acids is 1. The van der Waals surface area contributed by atoms with Gasteiger partial charge < -0.3 is 15.0 Å². The molecule has 1 fully saturated rings. The quantitative estimate of drug-likeness (QED) is 0.385. The summed E-state index contributed by atoms with van der Waals surface area (Å²) in [6, 6.07) is 9.04. The first-order valence-electron chi connectivity index (χ1n) is 12.8. The Hall–Kier alpha value is -4.26. The molecule has 1 N–H and O–H groups in total. The number of pyridine rings is 2. The van der Waals surface area contributed by atoms with Gasteiger partial charge in [0.25, 0.3) is 5.91 Å². The number of ether oxygens (including phenoxy) is 1. The average Bonchev–Trinajstić information content (AvgIpc) is 3.48. The maximum Gasteiger partial charge on any atom is 0.251 e. The first-order chi connectivity index (χ1) is 19.3. The normalized spacial score (nSPS) is 18.1. The van der Waals surface area contributed by atoms with Gasteiger partial charge in [0.1, 0.15) is 4.90 Å². The fraction of sp³-hybridized carbons (Fsp3) is 0.296. The van der Waals surface area contributed by atoms with E-state index >= 15 is 0 Å². The number of nitrogens with zero attached hydrogens (tertiary/aromatic N) is 5. The average molecular weight is 567 g/mol. The molecular weight excluding hydrogens is 542 g/mol. The highest BCUT2D eigenvalue weighted by Gasteiger charge is 2.35. The van der Waals surface area contributed by atoms with Crippen molar-refractivity contribution in [2.75, 3.05) is 24.6 Å². The van der Waals surface area contributed by atoms with Gasteiger partial charge in [-0.3, -0.25) is 9.78 Å². The van der Waals surface area contributed by atoms with Gasteiger partial charge in [0.2, 0.25) is 21.3 Å². The molecule has 1 amide bonds. The fourth-order valence-corrected chi connectivity index (χ4v) is 6.12. The van der Waals surface area contributed by atoms with Crippen LogP contribution < -0.4 is 15.0 Å². The molecule has 0 aliphatic carbocycles. The van der Waals surface area contributed by atoms with Crippen LogP contribution in [0.15, 0.2) is 53.7 Å². The van der Waals surface area contributed by atoms with E-state index in [-0.39, 0.29) is 18.7 Å². The van der Waals surface area contributed by atoms with Crippen molar-refractivity contribution in [3.8, 4) is 17.1 Å². The second-order valence-electron chi connectivity index (χ2n) is 9.56. The van der Waals surface area contributed by atoms with Gasteiger partial charge in [-0.15, -0.1) is 0 Å². The number of amides is 1. The molecule has 0 unspecified atom stereocenters. The van der Waals surface area contributed by atoms with E-state index in [0.29, 0.717) is 28.5 Å². The number of sulfone groups is 1. The molecule has 13 heteroatoms. The molecule has 1 atom stereocenters. The number of alkyl halides is 1. The van der Waals surface area contributed by atoms with Crippen LogP contribution in [0.4, 0.5) is 14.7 Å². The third kappa shape index (κ3) is 4.92. The molecule has 206 valence electrons. The van der Waals surface area contributed by atoms with E-state index in [2.05, 4.69) is 25.2 Å². The van der Waals surface area contributed by atoms with Crippen LogP contribution in [0.2, 0.25) is 0 Å². The molecule has 3 aromatic heterocycles. The Morgan fingerprint density at radius 1 is 1.07 bits per heavy atom. The minimum Gasteiger partial charge on any atom is -0.489 e. The van der Waals surface area contributed by atoms with Gasteiger partial charge in [-0.25, -0.2) is 32.2 Å². The molecule has 4 aromatic rings. The number of fused-ring (bicyclic) bond motifs is 2. The summed E-state index contributed by atoms with van der Waals surface area (Å²) in [5, 5.41) is 3.39. The van der Waals surface area contributed by atoms with Crippen molar-refractivity contribution in [2.24, 2.45) is 0 Å². The Bertz CT molecular complexity index is 1730. The van der Waals surface area contributed by atoms with Gasteiger partial charge in [-0.1, -0.05) is 0 Å². The topological polar surface area (TPSA) is 127 Å². The van der Waals surface area contributed by atoms with Gasteiger partial charge in [0.05, 0.1) is 35.8 Å². The lowest BCUT2D eigenvalue weighted by atomic mass is 10.1. The predicted octanol–water partition coefficient (Wildman–Crippen LogP) is 3.61. The van der Waals surface area contributed by atoms with E-state index in [1.807, 2.05) is 12.1 Å². The molecule has 0 bridgehead atoms. The van der Waals surface area contributed by atoms with Crippen molar-refractivity contribution in [1.82, 2.24) is 25.3 Å². The Kier molecular flexibility index (Phi) is 6.74. The first kappa shape index (κ1) is 26.0. The number of rotatable bonds is 5. The van der Waals surface area contributed by atoms with Crippen LogP contribution in [0, 0.1) is 5.82 Å². The van der Waals surface area contributed by atoms with Crippen LogP contribution in [0.25, 0.3) is 22.3 Å². The molecule has 0 spiro atoms. The zero-order chi connectivity index (χ0) is 27.9. The van der Waals surface area contributed by atoms with Crippen LogP contribution in [0.5, 0.6) is 5.75 Å². The van der Waals surface area contributed by atoms with Gasteiger partial charge in [0.15, 0.2) is 11.6 Å². The lowest BCUT2D eigenvalue weighted by Gasteiger charge is -2.15. The molecule has 5 heterocycles. The summed E-state index contributed by atoms with van der Waals surface area (Å²) >= 11 is 0. The van der Waals surface area contributed by atoms with Gasteiger partial charge in [-0.2, -0.15) is 0 Å². The Labute approximate surface area is 228 Å². The maximum atomic E-state index is 14.6. The van der Waals surface area contributed by atoms with E-state index in [1.54, 1.807) is 24.5 Å². The molecule has 1 aromatic carbocycles. The number of hydrogen-bond acceptors (Lipinski definition) is 9. The zero-order valence-corrected chi connectivity index (χ0v) is 22.0. The van der Waals surface area contributed by atoms with Crippen molar-refractivity contribution in [2.45, 2.75) is 36.2 Å². The van der Waals surface area contributed by atoms with E-state index in [4.69, 9.17) is 9.72 Å². The van der Waals surface area contributed by atoms with Gasteiger partial charge >= 0.3 is 0 Å². The molecule has 1 saturated heterocycles. The number of halogens is 2. The highest BCUT2D eigenvalue weighted by Crippen LogP contribution is 2.35. The van der Waals surface area contributed by atoms with Crippen LogP contribution >= 0.6 is 0 Å². The summed E-state index contributed by atoms with van der Waals surface area (Å²) in [5.41, 5.74) is -0.0832. The van der Waals surface area contributed by atoms with Gasteiger partial charge in [-0.05, 0) is 49.2 Å². The van der Waals surface area contributed by atoms with Crippen LogP contribution in [0.3, 0.4) is 0 Å². The molecule has 2 aliphatic heterocycles. The summed E-state index contributed by atoms with van der Waals surface area (Å²) in [6.07, 6.45) is 5.13. The number of benzene rings is 1. The number of carbonyl (C=O) groups is 1. The lowest BCUT2D eigenvalue weighted by Crippen LogP contribution is -2.24. The second kappa shape index (κ2) is 10.4. The lowest BCUT2D eigenvalue weighted by molar-refractivity contribution is 0.0949. The smallest absolute Gasteiger partial charge is 0.251 e. The van der Waals surface area contributed by atoms with Gasteiger partial charge in [0, 0.05) is 42.9 Å². The number of nitrogens with one attached hydrogen (secondary N) is 1. The van der Waals surface area contributed by atoms with Crippen molar-refractivity contribution in [1.29, 1.82) is 0 Å². The minimum atomic E-state index is -4.51. The fourth-order valence-electron chi connectivity index (χ4n) is 4.73. The van der Waals surface area contributed by atoms with Crippen molar-refractivity contribution >= 4 is 32.6 Å². The second-order valence-corrected chi connectivity index (χ2v) is 11.6. The monoisotopic (exact) mass is 566 g/mol. The molecule has 6 rings (SSSR count). The molecule has 0 saturated carbocycles. The van der Waals surface area contributed by atoms with Crippen molar-refractivity contribution < 1.29 is 26.7 Å². The maximum absolute atomic E-state index is 14.6. The third-order valence-electron chi connectivity index (χ3n) is 6.86. The Morgan fingerprint density at radius 3 is 2.70 bits per heavy atom. The van der Waals surface area contributed by atoms with Crippen LogP contribution in [-0.2, 0) is 16.4 Å². The SMILES string of the molecule is O=C(NCc1cc2nc(-c3ccnc(N4CCCC4)n3)ccc2cn1)c1cc(F)c2c(c1)S(=O)(=O)[C@@H](F)CCO2. The standard InChI is InChI=1S/C27H24F2N6O4S/c28-19-11-17(12-23-25(19)39-10-6-24(29)40(23,37)38)26(36)32-15-18-13-22-16(14-31-18)3-4-20(33-22)21-5-7-30-27(34-21)35-8-1-2-9-35/h3-5,7,11-14,24H,1-2,6,8-10,15H2,(H,32,36)/t24-/m1/s1.